The number of amides is 2. The number of carbonyl (C=O) groups excluding carboxylic acids is 3. The molecule has 0 spiro atoms. The molecule has 1 saturated heterocycles. The van der Waals surface area contributed by atoms with Crippen LogP contribution in [-0.4, -0.2) is 38.0 Å². The quantitative estimate of drug-likeness (QED) is 0.830. The molecule has 2 rings (SSSR count). The number of nitrogens with one attached hydrogen (secondary N) is 1. The third-order valence-electron chi connectivity index (χ3n) is 3.50. The van der Waals surface area contributed by atoms with Crippen molar-refractivity contribution in [1.29, 1.82) is 0 Å². The first-order chi connectivity index (χ1) is 10.5. The molecule has 0 radical (unpaired) electrons. The number of esters is 1. The van der Waals surface area contributed by atoms with Gasteiger partial charge in [0.2, 0.25) is 11.8 Å². The van der Waals surface area contributed by atoms with Crippen molar-refractivity contribution in [3.05, 3.63) is 29.3 Å². The molecule has 22 heavy (non-hydrogen) atoms. The van der Waals surface area contributed by atoms with Crippen molar-refractivity contribution in [2.45, 2.75) is 12.8 Å². The van der Waals surface area contributed by atoms with E-state index in [0.29, 0.717) is 10.7 Å². The summed E-state index contributed by atoms with van der Waals surface area (Å²) in [6, 6.07) is 7.02. The summed E-state index contributed by atoms with van der Waals surface area (Å²) in [6.45, 7) is 0.481. The average molecular weight is 325 g/mol. The smallest absolute Gasteiger partial charge is 0.307 e. The number of carbonyl (C=O) groups is 3. The Kier molecular flexibility index (Phi) is 5.38. The third kappa shape index (κ3) is 3.76. The molecule has 1 aliphatic rings. The Morgan fingerprint density at radius 3 is 2.82 bits per heavy atom. The maximum atomic E-state index is 12.1. The summed E-state index contributed by atoms with van der Waals surface area (Å²) in [5.74, 6) is -1.21. The van der Waals surface area contributed by atoms with E-state index < -0.39 is 5.92 Å². The van der Waals surface area contributed by atoms with E-state index in [4.69, 9.17) is 11.6 Å². The Morgan fingerprint density at radius 2 is 2.14 bits per heavy atom. The normalized spacial score (nSPS) is 17.5. The summed E-state index contributed by atoms with van der Waals surface area (Å²) in [5.41, 5.74) is 0.610. The lowest BCUT2D eigenvalue weighted by atomic mass is 10.1. The van der Waals surface area contributed by atoms with Crippen LogP contribution in [0.2, 0.25) is 5.02 Å². The summed E-state index contributed by atoms with van der Waals surface area (Å²) in [6.07, 6.45) is 0.242. The highest BCUT2D eigenvalue weighted by molar-refractivity contribution is 6.33. The van der Waals surface area contributed by atoms with Crippen molar-refractivity contribution in [2.24, 2.45) is 5.92 Å². The van der Waals surface area contributed by atoms with Crippen molar-refractivity contribution in [1.82, 2.24) is 5.32 Å². The lowest BCUT2D eigenvalue weighted by molar-refractivity contribution is -0.140. The van der Waals surface area contributed by atoms with E-state index in [2.05, 4.69) is 10.1 Å². The average Bonchev–Trinajstić information content (AvgIpc) is 2.89. The van der Waals surface area contributed by atoms with Gasteiger partial charge < -0.3 is 15.0 Å². The number of anilines is 1. The van der Waals surface area contributed by atoms with Gasteiger partial charge >= 0.3 is 5.97 Å². The van der Waals surface area contributed by atoms with Crippen LogP contribution in [0.3, 0.4) is 0 Å². The monoisotopic (exact) mass is 324 g/mol. The standard InChI is InChI=1S/C15H17ClN2O4/c1-22-14(20)6-7-17-15(21)10-8-13(19)18(9-10)12-5-3-2-4-11(12)16/h2-5,10H,6-9H2,1H3,(H,17,21). The molecule has 0 bridgehead atoms. The highest BCUT2D eigenvalue weighted by Gasteiger charge is 2.35. The second kappa shape index (κ2) is 7.26. The van der Waals surface area contributed by atoms with Crippen molar-refractivity contribution in [3.63, 3.8) is 0 Å². The zero-order valence-electron chi connectivity index (χ0n) is 12.2. The van der Waals surface area contributed by atoms with E-state index in [-0.39, 0.29) is 43.7 Å². The maximum absolute atomic E-state index is 12.1. The molecule has 0 aliphatic carbocycles. The lowest BCUT2D eigenvalue weighted by Gasteiger charge is -2.18. The lowest BCUT2D eigenvalue weighted by Crippen LogP contribution is -2.34. The fraction of sp³-hybridized carbons (Fsp3) is 0.400. The van der Waals surface area contributed by atoms with E-state index in [1.807, 2.05) is 0 Å². The van der Waals surface area contributed by atoms with Crippen LogP contribution in [0.15, 0.2) is 24.3 Å². The number of nitrogens with zero attached hydrogens (tertiary/aromatic N) is 1. The summed E-state index contributed by atoms with van der Waals surface area (Å²) in [4.78, 5) is 36.6. The Bertz CT molecular complexity index is 591. The SMILES string of the molecule is COC(=O)CCNC(=O)C1CC(=O)N(c2ccccc2Cl)C1. The minimum atomic E-state index is -0.443. The zero-order valence-corrected chi connectivity index (χ0v) is 12.9. The first-order valence-corrected chi connectivity index (χ1v) is 7.30. The second-order valence-corrected chi connectivity index (χ2v) is 5.38. The van der Waals surface area contributed by atoms with Crippen molar-refractivity contribution in [3.8, 4) is 0 Å². The molecule has 1 N–H and O–H groups in total. The number of ether oxygens (including phenoxy) is 1. The fourth-order valence-electron chi connectivity index (χ4n) is 2.32. The van der Waals surface area contributed by atoms with E-state index in [0.717, 1.165) is 0 Å². The van der Waals surface area contributed by atoms with E-state index in [1.165, 1.54) is 12.0 Å². The predicted molar refractivity (Wildman–Crippen MR) is 81.6 cm³/mol. The van der Waals surface area contributed by atoms with Gasteiger partial charge in [0.15, 0.2) is 0 Å². The van der Waals surface area contributed by atoms with Crippen LogP contribution in [0, 0.1) is 5.92 Å². The predicted octanol–water partition coefficient (Wildman–Crippen LogP) is 1.37. The number of hydrogen-bond donors (Lipinski definition) is 1. The summed E-state index contributed by atoms with van der Waals surface area (Å²) < 4.78 is 4.50. The van der Waals surface area contributed by atoms with Gasteiger partial charge in [0, 0.05) is 19.5 Å². The molecule has 1 aromatic carbocycles. The molecular weight excluding hydrogens is 308 g/mol. The fourth-order valence-corrected chi connectivity index (χ4v) is 2.56. The van der Waals surface area contributed by atoms with E-state index >= 15 is 0 Å². The number of para-hydroxylation sites is 1. The van der Waals surface area contributed by atoms with Crippen LogP contribution in [0.25, 0.3) is 0 Å². The molecule has 1 atom stereocenters. The highest BCUT2D eigenvalue weighted by atomic mass is 35.5. The Balaban J connectivity index is 1.93. The zero-order chi connectivity index (χ0) is 16.1. The Labute approximate surface area is 133 Å². The number of methoxy groups -OCH3 is 1. The van der Waals surface area contributed by atoms with Gasteiger partial charge in [0.1, 0.15) is 0 Å². The van der Waals surface area contributed by atoms with Crippen LogP contribution < -0.4 is 10.2 Å². The van der Waals surface area contributed by atoms with Gasteiger partial charge in [-0.2, -0.15) is 0 Å². The van der Waals surface area contributed by atoms with Gasteiger partial charge in [-0.3, -0.25) is 14.4 Å². The van der Waals surface area contributed by atoms with Crippen LogP contribution in [0.1, 0.15) is 12.8 Å². The molecule has 0 aromatic heterocycles. The van der Waals surface area contributed by atoms with Gasteiger partial charge in [-0.25, -0.2) is 0 Å². The molecule has 118 valence electrons. The Morgan fingerprint density at radius 1 is 1.41 bits per heavy atom. The van der Waals surface area contributed by atoms with Gasteiger partial charge in [0.05, 0.1) is 30.2 Å². The molecule has 1 aromatic rings. The Hall–Kier alpha value is -2.08. The second-order valence-electron chi connectivity index (χ2n) is 4.97. The molecule has 7 heteroatoms. The van der Waals surface area contributed by atoms with Crippen LogP contribution in [0.5, 0.6) is 0 Å². The summed E-state index contributed by atoms with van der Waals surface area (Å²) >= 11 is 6.09. The molecule has 1 heterocycles. The third-order valence-corrected chi connectivity index (χ3v) is 3.81. The molecule has 2 amide bonds. The van der Waals surface area contributed by atoms with E-state index in [9.17, 15) is 14.4 Å². The first-order valence-electron chi connectivity index (χ1n) is 6.92. The molecule has 0 saturated carbocycles. The van der Waals surface area contributed by atoms with Gasteiger partial charge in [0.25, 0.3) is 0 Å². The van der Waals surface area contributed by atoms with Gasteiger partial charge in [-0.05, 0) is 12.1 Å². The van der Waals surface area contributed by atoms with Gasteiger partial charge in [-0.15, -0.1) is 0 Å². The minimum Gasteiger partial charge on any atom is -0.469 e. The van der Waals surface area contributed by atoms with Crippen LogP contribution in [0.4, 0.5) is 5.69 Å². The van der Waals surface area contributed by atoms with Crippen LogP contribution in [-0.2, 0) is 19.1 Å². The molecule has 1 aliphatic heterocycles. The first kappa shape index (κ1) is 16.3. The minimum absolute atomic E-state index is 0.108. The van der Waals surface area contributed by atoms with Gasteiger partial charge in [-0.1, -0.05) is 23.7 Å². The van der Waals surface area contributed by atoms with Crippen molar-refractivity contribution < 1.29 is 19.1 Å². The van der Waals surface area contributed by atoms with E-state index in [1.54, 1.807) is 24.3 Å². The molecule has 6 nitrogen and oxygen atoms in total. The largest absolute Gasteiger partial charge is 0.469 e. The van der Waals surface area contributed by atoms with Crippen molar-refractivity contribution >= 4 is 35.1 Å². The maximum Gasteiger partial charge on any atom is 0.307 e. The summed E-state index contributed by atoms with van der Waals surface area (Å²) in [7, 11) is 1.29. The molecule has 1 unspecified atom stereocenters. The number of halogens is 1. The van der Waals surface area contributed by atoms with Crippen LogP contribution >= 0.6 is 11.6 Å². The highest BCUT2D eigenvalue weighted by Crippen LogP contribution is 2.30. The number of rotatable bonds is 5. The van der Waals surface area contributed by atoms with Crippen molar-refractivity contribution in [2.75, 3.05) is 25.1 Å². The molecular formula is C15H17ClN2O4. The molecule has 1 fully saturated rings. The number of benzene rings is 1. The number of hydrogen-bond acceptors (Lipinski definition) is 4. The topological polar surface area (TPSA) is 75.7 Å². The summed E-state index contributed by atoms with van der Waals surface area (Å²) in [5, 5.41) is 3.12.